The number of benzene rings is 1. The molecule has 5 heteroatoms. The van der Waals surface area contributed by atoms with Crippen molar-refractivity contribution in [1.82, 2.24) is 0 Å². The molecule has 0 aliphatic heterocycles. The van der Waals surface area contributed by atoms with E-state index >= 15 is 0 Å². The maximum atomic E-state index is 11.4. The quantitative estimate of drug-likeness (QED) is 0.812. The molecule has 1 aromatic carbocycles. The molecule has 0 spiro atoms. The summed E-state index contributed by atoms with van der Waals surface area (Å²) in [5, 5.41) is 8.88. The molecule has 16 heavy (non-hydrogen) atoms. The van der Waals surface area contributed by atoms with Gasteiger partial charge in [0.15, 0.2) is 9.84 Å². The van der Waals surface area contributed by atoms with Crippen LogP contribution in [-0.4, -0.2) is 19.9 Å². The van der Waals surface area contributed by atoms with Gasteiger partial charge in [-0.3, -0.25) is 0 Å². The fraction of sp³-hybridized carbons (Fsp3) is 0.364. The molecule has 2 rings (SSSR count). The van der Waals surface area contributed by atoms with Gasteiger partial charge in [-0.2, -0.15) is 5.26 Å². The van der Waals surface area contributed by atoms with E-state index in [0.717, 1.165) is 5.56 Å². The van der Waals surface area contributed by atoms with E-state index in [0.29, 0.717) is 5.02 Å². The summed E-state index contributed by atoms with van der Waals surface area (Å²) in [6.45, 7) is 0. The van der Waals surface area contributed by atoms with Crippen molar-refractivity contribution in [2.24, 2.45) is 5.92 Å². The second-order valence-corrected chi connectivity index (χ2v) is 6.67. The van der Waals surface area contributed by atoms with Crippen molar-refractivity contribution in [3.63, 3.8) is 0 Å². The molecule has 1 aliphatic rings. The number of hydrogen-bond acceptors (Lipinski definition) is 3. The summed E-state index contributed by atoms with van der Waals surface area (Å²) < 4.78 is 22.9. The van der Waals surface area contributed by atoms with Crippen LogP contribution in [0.3, 0.4) is 0 Å². The van der Waals surface area contributed by atoms with E-state index in [-0.39, 0.29) is 5.92 Å². The molecule has 3 atom stereocenters. The monoisotopic (exact) mass is 255 g/mol. The topological polar surface area (TPSA) is 57.9 Å². The van der Waals surface area contributed by atoms with Gasteiger partial charge in [0.05, 0.1) is 17.2 Å². The van der Waals surface area contributed by atoms with E-state index in [2.05, 4.69) is 0 Å². The van der Waals surface area contributed by atoms with Gasteiger partial charge in [0.1, 0.15) is 0 Å². The van der Waals surface area contributed by atoms with E-state index in [1.54, 1.807) is 18.2 Å². The molecule has 3 nitrogen and oxygen atoms in total. The molecule has 1 saturated carbocycles. The van der Waals surface area contributed by atoms with Crippen LogP contribution >= 0.6 is 11.6 Å². The van der Waals surface area contributed by atoms with E-state index in [4.69, 9.17) is 16.9 Å². The van der Waals surface area contributed by atoms with Gasteiger partial charge in [-0.15, -0.1) is 0 Å². The maximum absolute atomic E-state index is 11.4. The van der Waals surface area contributed by atoms with Gasteiger partial charge < -0.3 is 0 Å². The van der Waals surface area contributed by atoms with Crippen LogP contribution < -0.4 is 0 Å². The number of rotatable bonds is 2. The summed E-state index contributed by atoms with van der Waals surface area (Å²) in [7, 11) is -3.17. The van der Waals surface area contributed by atoms with Crippen molar-refractivity contribution in [2.45, 2.75) is 11.2 Å². The molecule has 0 bridgehead atoms. The SMILES string of the molecule is CS(=O)(=O)[C@@H]1[C@H](C#N)[C@@H]1c1cccc(Cl)c1. The van der Waals surface area contributed by atoms with Crippen LogP contribution in [0, 0.1) is 17.2 Å². The molecule has 1 aromatic rings. The fourth-order valence-corrected chi connectivity index (χ4v) is 3.81. The largest absolute Gasteiger partial charge is 0.229 e. The highest BCUT2D eigenvalue weighted by Crippen LogP contribution is 2.51. The number of hydrogen-bond donors (Lipinski definition) is 0. The first-order chi connectivity index (χ1) is 7.45. The Labute approximate surface area is 99.6 Å². The third-order valence-electron chi connectivity index (χ3n) is 2.83. The Kier molecular flexibility index (Phi) is 2.69. The number of nitriles is 1. The van der Waals surface area contributed by atoms with Gasteiger partial charge in [-0.05, 0) is 17.7 Å². The average molecular weight is 256 g/mol. The Morgan fingerprint density at radius 2 is 2.12 bits per heavy atom. The molecular formula is C11H10ClNO2S. The van der Waals surface area contributed by atoms with Gasteiger partial charge in [0.2, 0.25) is 0 Å². The van der Waals surface area contributed by atoms with Crippen molar-refractivity contribution in [3.05, 3.63) is 34.9 Å². The molecule has 0 saturated heterocycles. The van der Waals surface area contributed by atoms with E-state index in [1.807, 2.05) is 12.1 Å². The molecule has 0 aromatic heterocycles. The molecule has 0 N–H and O–H groups in total. The van der Waals surface area contributed by atoms with Crippen molar-refractivity contribution >= 4 is 21.4 Å². The Balaban J connectivity index is 2.35. The minimum Gasteiger partial charge on any atom is -0.229 e. The van der Waals surface area contributed by atoms with Crippen molar-refractivity contribution in [2.75, 3.05) is 6.26 Å². The minimum absolute atomic E-state index is 0.223. The highest BCUT2D eigenvalue weighted by molar-refractivity contribution is 7.91. The van der Waals surface area contributed by atoms with Gasteiger partial charge in [-0.25, -0.2) is 8.42 Å². The van der Waals surface area contributed by atoms with Crippen LogP contribution in [0.4, 0.5) is 0 Å². The van der Waals surface area contributed by atoms with Gasteiger partial charge in [0, 0.05) is 17.2 Å². The zero-order valence-corrected chi connectivity index (χ0v) is 10.2. The Morgan fingerprint density at radius 1 is 1.44 bits per heavy atom. The summed E-state index contributed by atoms with van der Waals surface area (Å²) >= 11 is 5.84. The molecular weight excluding hydrogens is 246 g/mol. The highest BCUT2D eigenvalue weighted by Gasteiger charge is 2.57. The lowest BCUT2D eigenvalue weighted by Gasteiger charge is -1.99. The first kappa shape index (κ1) is 11.4. The molecule has 0 radical (unpaired) electrons. The second kappa shape index (κ2) is 3.76. The first-order valence-electron chi connectivity index (χ1n) is 4.79. The predicted octanol–water partition coefficient (Wildman–Crippen LogP) is 1.99. The highest BCUT2D eigenvalue weighted by atomic mass is 35.5. The van der Waals surface area contributed by atoms with E-state index in [9.17, 15) is 8.42 Å². The standard InChI is InChI=1S/C11H10ClNO2S/c1-16(14,15)11-9(6-13)10(11)7-3-2-4-8(12)5-7/h2-5,9-11H,1H3/t9-,10+,11-/m1/s1. The molecule has 0 heterocycles. The molecule has 1 aliphatic carbocycles. The van der Waals surface area contributed by atoms with Crippen LogP contribution in [0.5, 0.6) is 0 Å². The number of halogens is 1. The Bertz CT molecular complexity index is 562. The molecule has 84 valence electrons. The summed E-state index contributed by atoms with van der Waals surface area (Å²) in [6.07, 6.45) is 1.17. The first-order valence-corrected chi connectivity index (χ1v) is 7.12. The summed E-state index contributed by atoms with van der Waals surface area (Å²) in [6, 6.07) is 9.07. The van der Waals surface area contributed by atoms with Crippen molar-refractivity contribution in [3.8, 4) is 6.07 Å². The van der Waals surface area contributed by atoms with Gasteiger partial charge in [0.25, 0.3) is 0 Å². The average Bonchev–Trinajstić information content (AvgIpc) is 2.91. The Hall–Kier alpha value is -1.05. The smallest absolute Gasteiger partial charge is 0.152 e. The van der Waals surface area contributed by atoms with Gasteiger partial charge in [-0.1, -0.05) is 23.7 Å². The van der Waals surface area contributed by atoms with E-state index < -0.39 is 21.0 Å². The Morgan fingerprint density at radius 3 is 2.56 bits per heavy atom. The third kappa shape index (κ3) is 1.93. The second-order valence-electron chi connectivity index (χ2n) is 4.03. The van der Waals surface area contributed by atoms with Crippen molar-refractivity contribution < 1.29 is 8.42 Å². The number of nitrogens with zero attached hydrogens (tertiary/aromatic N) is 1. The van der Waals surface area contributed by atoms with Crippen LogP contribution in [-0.2, 0) is 9.84 Å². The molecule has 1 fully saturated rings. The van der Waals surface area contributed by atoms with Crippen LogP contribution in [0.15, 0.2) is 24.3 Å². The minimum atomic E-state index is -3.17. The zero-order chi connectivity index (χ0) is 11.9. The van der Waals surface area contributed by atoms with Crippen molar-refractivity contribution in [1.29, 1.82) is 5.26 Å². The lowest BCUT2D eigenvalue weighted by atomic mass is 10.1. The predicted molar refractivity (Wildman–Crippen MR) is 61.9 cm³/mol. The van der Waals surface area contributed by atoms with Gasteiger partial charge >= 0.3 is 0 Å². The lowest BCUT2D eigenvalue weighted by Crippen LogP contribution is -2.06. The number of sulfone groups is 1. The lowest BCUT2D eigenvalue weighted by molar-refractivity contribution is 0.599. The third-order valence-corrected chi connectivity index (χ3v) is 4.64. The maximum Gasteiger partial charge on any atom is 0.152 e. The zero-order valence-electron chi connectivity index (χ0n) is 8.59. The molecule has 0 amide bonds. The van der Waals surface area contributed by atoms with E-state index in [1.165, 1.54) is 6.26 Å². The van der Waals surface area contributed by atoms with Crippen LogP contribution in [0.25, 0.3) is 0 Å². The summed E-state index contributed by atoms with van der Waals surface area (Å²) in [5.74, 6) is -0.660. The fourth-order valence-electron chi connectivity index (χ4n) is 2.08. The van der Waals surface area contributed by atoms with Crippen LogP contribution in [0.1, 0.15) is 11.5 Å². The summed E-state index contributed by atoms with van der Waals surface area (Å²) in [5.41, 5.74) is 0.828. The molecule has 0 unspecified atom stereocenters. The normalized spacial score (nSPS) is 28.4. The van der Waals surface area contributed by atoms with Crippen LogP contribution in [0.2, 0.25) is 5.02 Å². The summed E-state index contributed by atoms with van der Waals surface area (Å²) in [4.78, 5) is 0.